The van der Waals surface area contributed by atoms with Crippen LogP contribution in [-0.2, 0) is 12.8 Å². The van der Waals surface area contributed by atoms with E-state index >= 15 is 0 Å². The number of anilines is 2. The number of hydrogen-bond acceptors (Lipinski definition) is 6. The van der Waals surface area contributed by atoms with Crippen molar-refractivity contribution in [1.82, 2.24) is 15.1 Å². The molecule has 3 heterocycles. The molecule has 1 fully saturated rings. The number of carbonyl (C=O) groups excluding carboxylic acids is 1. The van der Waals surface area contributed by atoms with E-state index in [-0.39, 0.29) is 5.91 Å². The Morgan fingerprint density at radius 3 is 2.44 bits per heavy atom. The molecular weight excluding hydrogens is 318 g/mol. The van der Waals surface area contributed by atoms with Crippen LogP contribution in [0.4, 0.5) is 11.6 Å². The molecule has 2 aromatic rings. The van der Waals surface area contributed by atoms with Crippen LogP contribution < -0.4 is 10.2 Å². The highest BCUT2D eigenvalue weighted by atomic mass is 16.5. The Bertz CT molecular complexity index is 785. The van der Waals surface area contributed by atoms with Gasteiger partial charge in [-0.15, -0.1) is 0 Å². The lowest BCUT2D eigenvalue weighted by molar-refractivity contribution is 0.101. The van der Waals surface area contributed by atoms with E-state index in [1.807, 2.05) is 13.8 Å². The zero-order valence-corrected chi connectivity index (χ0v) is 14.8. The molecule has 0 unspecified atom stereocenters. The average molecular weight is 341 g/mol. The Kier molecular flexibility index (Phi) is 4.15. The number of amides is 1. The fourth-order valence-electron chi connectivity index (χ4n) is 3.67. The largest absolute Gasteiger partial charge is 0.360 e. The van der Waals surface area contributed by atoms with Gasteiger partial charge < -0.3 is 14.7 Å². The quantitative estimate of drug-likeness (QED) is 0.924. The second-order valence-electron chi connectivity index (χ2n) is 6.86. The number of rotatable bonds is 3. The highest BCUT2D eigenvalue weighted by Crippen LogP contribution is 2.27. The number of nitrogens with zero attached hydrogens (tertiary/aromatic N) is 4. The summed E-state index contributed by atoms with van der Waals surface area (Å²) in [6, 6.07) is 0. The molecule has 2 aromatic heterocycles. The third-order valence-electron chi connectivity index (χ3n) is 5.05. The molecule has 1 aliphatic carbocycles. The van der Waals surface area contributed by atoms with Crippen LogP contribution in [-0.4, -0.2) is 34.1 Å². The van der Waals surface area contributed by atoms with Gasteiger partial charge in [-0.3, -0.25) is 4.79 Å². The number of nitrogens with one attached hydrogen (secondary N) is 1. The second kappa shape index (κ2) is 6.46. The van der Waals surface area contributed by atoms with E-state index in [2.05, 4.69) is 25.3 Å². The summed E-state index contributed by atoms with van der Waals surface area (Å²) in [7, 11) is 0. The van der Waals surface area contributed by atoms with Crippen molar-refractivity contribution in [3.05, 3.63) is 28.4 Å². The first-order chi connectivity index (χ1) is 12.1. The molecule has 0 saturated carbocycles. The van der Waals surface area contributed by atoms with Gasteiger partial charge in [0.05, 0.1) is 17.1 Å². The second-order valence-corrected chi connectivity index (χ2v) is 6.86. The van der Waals surface area contributed by atoms with Gasteiger partial charge in [-0.05, 0) is 46.0 Å². The average Bonchev–Trinajstić information content (AvgIpc) is 3.27. The number of aryl methyl sites for hydroxylation is 3. The molecule has 1 saturated heterocycles. The molecule has 4 rings (SSSR count). The lowest BCUT2D eigenvalue weighted by Gasteiger charge is -2.18. The van der Waals surface area contributed by atoms with Crippen LogP contribution in [0.5, 0.6) is 0 Å². The van der Waals surface area contributed by atoms with Crippen LogP contribution in [0.15, 0.2) is 4.52 Å². The van der Waals surface area contributed by atoms with E-state index in [0.717, 1.165) is 67.4 Å². The summed E-state index contributed by atoms with van der Waals surface area (Å²) < 4.78 is 5.34. The van der Waals surface area contributed by atoms with Gasteiger partial charge in [-0.1, -0.05) is 5.16 Å². The molecule has 25 heavy (non-hydrogen) atoms. The van der Waals surface area contributed by atoms with E-state index in [1.165, 1.54) is 12.8 Å². The van der Waals surface area contributed by atoms with Gasteiger partial charge in [0.2, 0.25) is 5.95 Å². The van der Waals surface area contributed by atoms with Crippen LogP contribution in [0.3, 0.4) is 0 Å². The molecule has 132 valence electrons. The minimum Gasteiger partial charge on any atom is -0.360 e. The highest BCUT2D eigenvalue weighted by Gasteiger charge is 2.25. The highest BCUT2D eigenvalue weighted by molar-refractivity contribution is 6.04. The monoisotopic (exact) mass is 341 g/mol. The topological polar surface area (TPSA) is 84.2 Å². The minimum absolute atomic E-state index is 0.240. The fraction of sp³-hybridized carbons (Fsp3) is 0.556. The first kappa shape index (κ1) is 16.1. The van der Waals surface area contributed by atoms with Crippen LogP contribution in [0, 0.1) is 13.8 Å². The molecular formula is C18H23N5O2. The number of hydrogen-bond donors (Lipinski definition) is 1. The summed E-state index contributed by atoms with van der Waals surface area (Å²) in [5.74, 6) is 1.37. The zero-order valence-electron chi connectivity index (χ0n) is 14.8. The third-order valence-corrected chi connectivity index (χ3v) is 5.05. The van der Waals surface area contributed by atoms with Crippen molar-refractivity contribution in [2.75, 3.05) is 23.3 Å². The number of carbonyl (C=O) groups is 1. The summed E-state index contributed by atoms with van der Waals surface area (Å²) in [6.45, 7) is 5.80. The standard InChI is InChI=1S/C18H23N5O2/c1-11-15(12(2)20-18(19-11)23-9-5-6-10-23)21-17(24)16-13-7-3-4-8-14(13)25-22-16/h3-10H2,1-2H3,(H,21,24). The molecule has 0 spiro atoms. The van der Waals surface area contributed by atoms with Crippen molar-refractivity contribution in [2.24, 2.45) is 0 Å². The van der Waals surface area contributed by atoms with Crippen molar-refractivity contribution in [2.45, 2.75) is 52.4 Å². The Hall–Kier alpha value is -2.44. The van der Waals surface area contributed by atoms with Gasteiger partial charge in [0.25, 0.3) is 5.91 Å². The molecule has 1 amide bonds. The van der Waals surface area contributed by atoms with E-state index in [4.69, 9.17) is 4.52 Å². The summed E-state index contributed by atoms with van der Waals surface area (Å²) in [5, 5.41) is 6.94. The molecule has 1 N–H and O–H groups in total. The first-order valence-electron chi connectivity index (χ1n) is 9.02. The molecule has 0 atom stereocenters. The van der Waals surface area contributed by atoms with Crippen LogP contribution in [0.1, 0.15) is 58.9 Å². The maximum atomic E-state index is 12.7. The fourth-order valence-corrected chi connectivity index (χ4v) is 3.67. The van der Waals surface area contributed by atoms with Crippen LogP contribution in [0.25, 0.3) is 0 Å². The van der Waals surface area contributed by atoms with Crippen molar-refractivity contribution in [3.8, 4) is 0 Å². The summed E-state index contributed by atoms with van der Waals surface area (Å²) in [4.78, 5) is 24.1. The Morgan fingerprint density at radius 2 is 1.72 bits per heavy atom. The van der Waals surface area contributed by atoms with Crippen molar-refractivity contribution in [3.63, 3.8) is 0 Å². The maximum absolute atomic E-state index is 12.7. The maximum Gasteiger partial charge on any atom is 0.278 e. The van der Waals surface area contributed by atoms with Gasteiger partial charge in [0.15, 0.2) is 5.69 Å². The van der Waals surface area contributed by atoms with Gasteiger partial charge in [-0.25, -0.2) is 9.97 Å². The summed E-state index contributed by atoms with van der Waals surface area (Å²) in [5.41, 5.74) is 3.58. The summed E-state index contributed by atoms with van der Waals surface area (Å²) >= 11 is 0. The lowest BCUT2D eigenvalue weighted by Crippen LogP contribution is -2.23. The molecule has 0 radical (unpaired) electrons. The minimum atomic E-state index is -0.240. The number of fused-ring (bicyclic) bond motifs is 1. The SMILES string of the molecule is Cc1nc(N2CCCC2)nc(C)c1NC(=O)c1noc2c1CCCC2. The van der Waals surface area contributed by atoms with E-state index in [0.29, 0.717) is 11.4 Å². The molecule has 7 nitrogen and oxygen atoms in total. The predicted octanol–water partition coefficient (Wildman–Crippen LogP) is 2.81. The van der Waals surface area contributed by atoms with Gasteiger partial charge in [0, 0.05) is 25.1 Å². The van der Waals surface area contributed by atoms with Crippen molar-refractivity contribution >= 4 is 17.5 Å². The van der Waals surface area contributed by atoms with E-state index in [9.17, 15) is 4.79 Å². The molecule has 0 bridgehead atoms. The normalized spacial score (nSPS) is 16.8. The Balaban J connectivity index is 1.58. The van der Waals surface area contributed by atoms with Gasteiger partial charge >= 0.3 is 0 Å². The van der Waals surface area contributed by atoms with Crippen molar-refractivity contribution in [1.29, 1.82) is 0 Å². The zero-order chi connectivity index (χ0) is 17.4. The number of aromatic nitrogens is 3. The van der Waals surface area contributed by atoms with Gasteiger partial charge in [0.1, 0.15) is 5.76 Å². The predicted molar refractivity (Wildman–Crippen MR) is 94.1 cm³/mol. The van der Waals surface area contributed by atoms with Gasteiger partial charge in [-0.2, -0.15) is 0 Å². The third kappa shape index (κ3) is 2.99. The lowest BCUT2D eigenvalue weighted by atomic mass is 9.96. The molecule has 0 aromatic carbocycles. The van der Waals surface area contributed by atoms with Crippen LogP contribution >= 0.6 is 0 Å². The van der Waals surface area contributed by atoms with E-state index < -0.39 is 0 Å². The smallest absolute Gasteiger partial charge is 0.278 e. The van der Waals surface area contributed by atoms with Crippen LogP contribution in [0.2, 0.25) is 0 Å². The Morgan fingerprint density at radius 1 is 1.04 bits per heavy atom. The summed E-state index contributed by atoms with van der Waals surface area (Å²) in [6.07, 6.45) is 6.23. The molecule has 2 aliphatic rings. The van der Waals surface area contributed by atoms with E-state index in [1.54, 1.807) is 0 Å². The molecule has 1 aliphatic heterocycles. The first-order valence-corrected chi connectivity index (χ1v) is 9.02. The molecule has 7 heteroatoms. The Labute approximate surface area is 146 Å². The van der Waals surface area contributed by atoms with Crippen molar-refractivity contribution < 1.29 is 9.32 Å².